The molecule has 3 heterocycles. The Hall–Kier alpha value is -1.47. The maximum atomic E-state index is 13.3. The molecule has 0 spiro atoms. The first-order valence-electron chi connectivity index (χ1n) is 28.4. The first-order chi connectivity index (χ1) is 35.3. The highest BCUT2D eigenvalue weighted by Gasteiger charge is 2.53. The summed E-state index contributed by atoms with van der Waals surface area (Å²) in [6.45, 7) is 1.73. The average molecular weight is 1050 g/mol. The lowest BCUT2D eigenvalue weighted by Crippen LogP contribution is -2.66. The lowest BCUT2D eigenvalue weighted by Gasteiger charge is -2.48. The fourth-order valence-corrected chi connectivity index (χ4v) is 9.82. The van der Waals surface area contributed by atoms with Gasteiger partial charge >= 0.3 is 0 Å². The van der Waals surface area contributed by atoms with E-state index < -0.39 is 124 Å². The molecule has 0 aromatic heterocycles. The molecule has 3 aliphatic heterocycles. The van der Waals surface area contributed by atoms with Crippen molar-refractivity contribution in [3.05, 3.63) is 12.2 Å². The van der Waals surface area contributed by atoms with Crippen molar-refractivity contribution in [2.24, 2.45) is 0 Å². The van der Waals surface area contributed by atoms with Gasteiger partial charge < -0.3 is 89.9 Å². The smallest absolute Gasteiger partial charge is 0.220 e. The zero-order valence-corrected chi connectivity index (χ0v) is 44.4. The number of ether oxygens (including phenoxy) is 6. The van der Waals surface area contributed by atoms with Gasteiger partial charge in [0, 0.05) is 6.42 Å². The van der Waals surface area contributed by atoms with Gasteiger partial charge in [-0.05, 0) is 32.1 Å². The number of carbonyl (C=O) groups excluding carboxylic acids is 1. The maximum Gasteiger partial charge on any atom is 0.220 e. The molecule has 3 aliphatic rings. The predicted molar refractivity (Wildman–Crippen MR) is 273 cm³/mol. The average Bonchev–Trinajstić information content (AvgIpc) is 3.39. The number of unbranched alkanes of at least 4 members (excludes halogenated alkanes) is 23. The largest absolute Gasteiger partial charge is 0.394 e. The Bertz CT molecular complexity index is 1400. The first-order valence-corrected chi connectivity index (χ1v) is 28.4. The third kappa shape index (κ3) is 24.0. The molecule has 0 aromatic carbocycles. The molecule has 12 N–H and O–H groups in total. The van der Waals surface area contributed by atoms with Crippen molar-refractivity contribution in [2.75, 3.05) is 26.4 Å². The summed E-state index contributed by atoms with van der Waals surface area (Å²) in [4.78, 5) is 13.3. The quantitative estimate of drug-likeness (QED) is 0.0306. The van der Waals surface area contributed by atoms with Gasteiger partial charge in [-0.2, -0.15) is 0 Å². The van der Waals surface area contributed by atoms with E-state index in [1.165, 1.54) is 96.3 Å². The van der Waals surface area contributed by atoms with E-state index >= 15 is 0 Å². The van der Waals surface area contributed by atoms with Gasteiger partial charge in [0.2, 0.25) is 5.91 Å². The van der Waals surface area contributed by atoms with E-state index in [1.807, 2.05) is 0 Å². The van der Waals surface area contributed by atoms with E-state index in [1.54, 1.807) is 0 Å². The molecule has 0 bridgehead atoms. The minimum Gasteiger partial charge on any atom is -0.394 e. The molecular weight excluding hydrogens is 951 g/mol. The standard InChI is InChI=1S/C54H101NO18/c1-3-5-7-9-11-13-15-16-17-18-19-20-22-23-25-27-29-31-38(59)37(55-42(60)32-30-28-26-24-21-14-12-10-8-6-4-2)36-68-52-48(66)45(63)50(40(34-57)70-52)73-54-49(67)46(64)51(41(35-58)71-54)72-53-47(65)44(62)43(61)39(33-56)69-53/h10,12,37-41,43-54,56-59,61-67H,3-9,11,13-36H2,1-2H3,(H,55,60)/b12-10-. The number of hydrogen-bond donors (Lipinski definition) is 12. The second kappa shape index (κ2) is 39.0. The lowest BCUT2D eigenvalue weighted by atomic mass is 9.96. The van der Waals surface area contributed by atoms with Crippen LogP contribution in [0.2, 0.25) is 0 Å². The van der Waals surface area contributed by atoms with Crippen molar-refractivity contribution < 1.29 is 89.4 Å². The van der Waals surface area contributed by atoms with E-state index in [4.69, 9.17) is 28.4 Å². The van der Waals surface area contributed by atoms with Gasteiger partial charge in [0.15, 0.2) is 18.9 Å². The van der Waals surface area contributed by atoms with E-state index in [0.717, 1.165) is 64.2 Å². The summed E-state index contributed by atoms with van der Waals surface area (Å²) in [5.74, 6) is -0.254. The minimum atomic E-state index is -1.97. The zero-order valence-electron chi connectivity index (χ0n) is 44.4. The Labute approximate surface area is 436 Å². The Balaban J connectivity index is 1.51. The van der Waals surface area contributed by atoms with Crippen molar-refractivity contribution in [1.82, 2.24) is 5.32 Å². The van der Waals surface area contributed by atoms with E-state index in [9.17, 15) is 61.0 Å². The van der Waals surface area contributed by atoms with Crippen LogP contribution in [0.4, 0.5) is 0 Å². The van der Waals surface area contributed by atoms with Gasteiger partial charge in [-0.1, -0.05) is 167 Å². The van der Waals surface area contributed by atoms with Crippen molar-refractivity contribution in [2.45, 2.75) is 298 Å². The van der Waals surface area contributed by atoms with Crippen LogP contribution in [-0.4, -0.2) is 193 Å². The van der Waals surface area contributed by atoms with Gasteiger partial charge in [0.05, 0.1) is 38.6 Å². The highest BCUT2D eigenvalue weighted by Crippen LogP contribution is 2.33. The van der Waals surface area contributed by atoms with Crippen LogP contribution >= 0.6 is 0 Å². The fraction of sp³-hybridized carbons (Fsp3) is 0.944. The van der Waals surface area contributed by atoms with E-state index in [-0.39, 0.29) is 18.9 Å². The Morgan fingerprint density at radius 1 is 0.479 bits per heavy atom. The molecule has 19 nitrogen and oxygen atoms in total. The summed E-state index contributed by atoms with van der Waals surface area (Å²) in [5.41, 5.74) is 0. The molecule has 0 aliphatic carbocycles. The van der Waals surface area contributed by atoms with E-state index in [2.05, 4.69) is 31.3 Å². The van der Waals surface area contributed by atoms with Crippen molar-refractivity contribution in [1.29, 1.82) is 0 Å². The van der Waals surface area contributed by atoms with Gasteiger partial charge in [-0.25, -0.2) is 0 Å². The zero-order chi connectivity index (χ0) is 53.4. The Morgan fingerprint density at radius 3 is 1.37 bits per heavy atom. The minimum absolute atomic E-state index is 0.254. The summed E-state index contributed by atoms with van der Waals surface area (Å²) in [6.07, 6.45) is 8.81. The molecule has 3 saturated heterocycles. The summed E-state index contributed by atoms with van der Waals surface area (Å²) in [7, 11) is 0. The van der Waals surface area contributed by atoms with Crippen LogP contribution in [0.3, 0.4) is 0 Å². The molecule has 1 amide bonds. The molecule has 0 saturated carbocycles. The topological polar surface area (TPSA) is 307 Å². The summed E-state index contributed by atoms with van der Waals surface area (Å²) >= 11 is 0. The van der Waals surface area contributed by atoms with Crippen LogP contribution < -0.4 is 5.32 Å². The Morgan fingerprint density at radius 2 is 0.877 bits per heavy atom. The number of aliphatic hydroxyl groups is 11. The number of allylic oxidation sites excluding steroid dienone is 2. The molecule has 3 fully saturated rings. The fourth-order valence-electron chi connectivity index (χ4n) is 9.82. The van der Waals surface area contributed by atoms with Gasteiger partial charge in [0.25, 0.3) is 0 Å². The molecule has 19 heteroatoms. The van der Waals surface area contributed by atoms with Crippen LogP contribution in [0.5, 0.6) is 0 Å². The van der Waals surface area contributed by atoms with Gasteiger partial charge in [-0.3, -0.25) is 4.79 Å². The second-order valence-electron chi connectivity index (χ2n) is 20.8. The third-order valence-corrected chi connectivity index (χ3v) is 14.6. The number of aliphatic hydroxyl groups excluding tert-OH is 11. The van der Waals surface area contributed by atoms with Crippen molar-refractivity contribution in [3.63, 3.8) is 0 Å². The molecule has 3 rings (SSSR count). The first kappa shape index (κ1) is 65.8. The number of amides is 1. The Kier molecular flexibility index (Phi) is 35.1. The SMILES string of the molecule is CCCC/C=C\CCCCCCCC(=O)NC(COC1OC(CO)C(OC2OC(CO)C(OC3OC(CO)C(O)C(O)C3O)C(O)C2O)C(O)C1O)C(O)CCCCCCCCCCCCCCCCCCC. The van der Waals surface area contributed by atoms with Crippen LogP contribution in [-0.2, 0) is 33.2 Å². The highest BCUT2D eigenvalue weighted by molar-refractivity contribution is 5.76. The van der Waals surface area contributed by atoms with Crippen LogP contribution in [0.1, 0.15) is 194 Å². The third-order valence-electron chi connectivity index (χ3n) is 14.6. The predicted octanol–water partition coefficient (Wildman–Crippen LogP) is 3.82. The molecular formula is C54H101NO18. The lowest BCUT2D eigenvalue weighted by molar-refractivity contribution is -0.379. The summed E-state index contributed by atoms with van der Waals surface area (Å²) in [5, 5.41) is 120. The number of nitrogens with one attached hydrogen (secondary N) is 1. The van der Waals surface area contributed by atoms with Crippen LogP contribution in [0, 0.1) is 0 Å². The summed E-state index contributed by atoms with van der Waals surface area (Å²) < 4.78 is 34.2. The van der Waals surface area contributed by atoms with Crippen molar-refractivity contribution >= 4 is 5.91 Å². The molecule has 73 heavy (non-hydrogen) atoms. The van der Waals surface area contributed by atoms with Crippen LogP contribution in [0.25, 0.3) is 0 Å². The monoisotopic (exact) mass is 1050 g/mol. The van der Waals surface area contributed by atoms with Crippen molar-refractivity contribution in [3.8, 4) is 0 Å². The molecule has 430 valence electrons. The summed E-state index contributed by atoms with van der Waals surface area (Å²) in [6, 6.07) is -0.886. The van der Waals surface area contributed by atoms with Gasteiger partial charge in [-0.15, -0.1) is 0 Å². The van der Waals surface area contributed by atoms with Crippen LogP contribution in [0.15, 0.2) is 12.2 Å². The maximum absolute atomic E-state index is 13.3. The molecule has 0 aromatic rings. The van der Waals surface area contributed by atoms with E-state index in [0.29, 0.717) is 12.8 Å². The second-order valence-corrected chi connectivity index (χ2v) is 20.8. The normalized spacial score (nSPS) is 31.8. The van der Waals surface area contributed by atoms with Gasteiger partial charge in [0.1, 0.15) is 73.2 Å². The number of hydrogen-bond acceptors (Lipinski definition) is 18. The molecule has 17 unspecified atom stereocenters. The highest BCUT2D eigenvalue weighted by atomic mass is 16.8. The molecule has 0 radical (unpaired) electrons. The number of carbonyl (C=O) groups is 1. The molecule has 17 atom stereocenters. The number of rotatable bonds is 41.